The maximum atomic E-state index is 13.6. The van der Waals surface area contributed by atoms with Gasteiger partial charge < -0.3 is 5.32 Å². The third-order valence-corrected chi connectivity index (χ3v) is 3.16. The van der Waals surface area contributed by atoms with Crippen LogP contribution < -0.4 is 5.32 Å². The number of halogens is 1. The summed E-state index contributed by atoms with van der Waals surface area (Å²) in [4.78, 5) is 3.71. The van der Waals surface area contributed by atoms with Crippen LogP contribution in [0.2, 0.25) is 0 Å². The average molecular weight is 234 g/mol. The second-order valence-electron chi connectivity index (χ2n) is 5.58. The Balaban J connectivity index is 2.33. The first-order valence-corrected chi connectivity index (χ1v) is 6.03. The number of hydrogen-bond donors (Lipinski definition) is 1. The van der Waals surface area contributed by atoms with Crippen molar-refractivity contribution in [3.05, 3.63) is 35.9 Å². The first-order chi connectivity index (χ1) is 7.98. The zero-order valence-corrected chi connectivity index (χ0v) is 10.6. The number of hydrogen-bond acceptors (Lipinski definition) is 2. The summed E-state index contributed by atoms with van der Waals surface area (Å²) in [6, 6.07) is 3.87. The Kier molecular flexibility index (Phi) is 3.29. The van der Waals surface area contributed by atoms with E-state index in [1.165, 1.54) is 6.20 Å². The fourth-order valence-electron chi connectivity index (χ4n) is 2.11. The van der Waals surface area contributed by atoms with E-state index in [1.807, 2.05) is 0 Å². The van der Waals surface area contributed by atoms with E-state index in [9.17, 15) is 4.39 Å². The fraction of sp³-hybridized carbons (Fsp3) is 0.500. The minimum Gasteiger partial charge on any atom is -0.310 e. The van der Waals surface area contributed by atoms with Crippen LogP contribution in [0.3, 0.4) is 0 Å². The van der Waals surface area contributed by atoms with Gasteiger partial charge in [0.2, 0.25) is 5.95 Å². The van der Waals surface area contributed by atoms with Crippen LogP contribution in [0.4, 0.5) is 4.39 Å². The third kappa shape index (κ3) is 2.72. The summed E-state index contributed by atoms with van der Waals surface area (Å²) < 4.78 is 13.6. The van der Waals surface area contributed by atoms with Crippen molar-refractivity contribution >= 4 is 5.57 Å². The van der Waals surface area contributed by atoms with E-state index < -0.39 is 0 Å². The van der Waals surface area contributed by atoms with Crippen molar-refractivity contribution in [3.8, 4) is 0 Å². The Bertz CT molecular complexity index is 432. The zero-order valence-electron chi connectivity index (χ0n) is 10.6. The van der Waals surface area contributed by atoms with Gasteiger partial charge in [-0.2, -0.15) is 4.39 Å². The highest BCUT2D eigenvalue weighted by Gasteiger charge is 2.26. The Morgan fingerprint density at radius 3 is 2.82 bits per heavy atom. The van der Waals surface area contributed by atoms with Crippen LogP contribution in [0.25, 0.3) is 5.57 Å². The molecule has 0 aromatic carbocycles. The van der Waals surface area contributed by atoms with Crippen molar-refractivity contribution in [1.29, 1.82) is 0 Å². The molecule has 0 bridgehead atoms. The van der Waals surface area contributed by atoms with Crippen molar-refractivity contribution in [3.63, 3.8) is 0 Å². The lowest BCUT2D eigenvalue weighted by Crippen LogP contribution is -2.41. The van der Waals surface area contributed by atoms with Gasteiger partial charge in [0, 0.05) is 17.8 Å². The highest BCUT2D eigenvalue weighted by molar-refractivity contribution is 5.67. The lowest BCUT2D eigenvalue weighted by Gasteiger charge is -2.33. The van der Waals surface area contributed by atoms with E-state index in [4.69, 9.17) is 0 Å². The van der Waals surface area contributed by atoms with Gasteiger partial charge in [-0.3, -0.25) is 0 Å². The van der Waals surface area contributed by atoms with E-state index >= 15 is 0 Å². The summed E-state index contributed by atoms with van der Waals surface area (Å²) in [6.07, 6.45) is 4.49. The molecule has 0 radical (unpaired) electrons. The topological polar surface area (TPSA) is 24.9 Å². The van der Waals surface area contributed by atoms with Crippen LogP contribution in [0.15, 0.2) is 24.4 Å². The molecule has 1 atom stereocenters. The second kappa shape index (κ2) is 4.57. The monoisotopic (exact) mass is 234 g/mol. The van der Waals surface area contributed by atoms with Crippen LogP contribution in [-0.2, 0) is 0 Å². The second-order valence-corrected chi connectivity index (χ2v) is 5.58. The number of pyridine rings is 1. The van der Waals surface area contributed by atoms with Crippen molar-refractivity contribution in [2.45, 2.75) is 33.2 Å². The van der Waals surface area contributed by atoms with E-state index in [1.54, 1.807) is 12.1 Å². The summed E-state index contributed by atoms with van der Waals surface area (Å²) in [6.45, 7) is 7.44. The molecule has 1 N–H and O–H groups in total. The van der Waals surface area contributed by atoms with E-state index in [0.29, 0.717) is 5.56 Å². The molecule has 2 heterocycles. The van der Waals surface area contributed by atoms with Crippen molar-refractivity contribution in [2.24, 2.45) is 5.41 Å². The predicted molar refractivity (Wildman–Crippen MR) is 68.0 cm³/mol. The highest BCUT2D eigenvalue weighted by Crippen LogP contribution is 2.29. The lowest BCUT2D eigenvalue weighted by atomic mass is 9.82. The molecular weight excluding hydrogens is 215 g/mol. The maximum absolute atomic E-state index is 13.6. The van der Waals surface area contributed by atoms with Gasteiger partial charge in [-0.25, -0.2) is 4.98 Å². The Hall–Kier alpha value is -1.22. The summed E-state index contributed by atoms with van der Waals surface area (Å²) in [7, 11) is 0. The molecule has 2 nitrogen and oxygen atoms in total. The number of nitrogens with one attached hydrogen (secondary N) is 1. The summed E-state index contributed by atoms with van der Waals surface area (Å²) >= 11 is 0. The molecule has 1 aromatic rings. The first-order valence-electron chi connectivity index (χ1n) is 6.03. The molecule has 1 aromatic heterocycles. The zero-order chi connectivity index (χ0) is 12.5. The fourth-order valence-corrected chi connectivity index (χ4v) is 2.11. The molecule has 0 saturated heterocycles. The Morgan fingerprint density at radius 1 is 1.41 bits per heavy atom. The summed E-state index contributed by atoms with van der Waals surface area (Å²) in [5, 5.41) is 3.46. The SMILES string of the molecule is CC(C)(C)C1C=C(c2cccnc2F)CCN1. The average Bonchev–Trinajstić information content (AvgIpc) is 2.29. The molecule has 0 aliphatic carbocycles. The smallest absolute Gasteiger partial charge is 0.220 e. The van der Waals surface area contributed by atoms with Crippen molar-refractivity contribution in [1.82, 2.24) is 10.3 Å². The van der Waals surface area contributed by atoms with Crippen LogP contribution in [-0.4, -0.2) is 17.6 Å². The molecule has 0 spiro atoms. The van der Waals surface area contributed by atoms with E-state index in [-0.39, 0.29) is 17.4 Å². The van der Waals surface area contributed by atoms with Gasteiger partial charge in [-0.1, -0.05) is 26.8 Å². The number of aromatic nitrogens is 1. The van der Waals surface area contributed by atoms with Gasteiger partial charge in [0.15, 0.2) is 0 Å². The largest absolute Gasteiger partial charge is 0.310 e. The molecule has 3 heteroatoms. The normalized spacial score (nSPS) is 21.2. The van der Waals surface area contributed by atoms with Gasteiger partial charge >= 0.3 is 0 Å². The molecule has 2 rings (SSSR count). The predicted octanol–water partition coefficient (Wildman–Crippen LogP) is 3.01. The Morgan fingerprint density at radius 2 is 2.18 bits per heavy atom. The van der Waals surface area contributed by atoms with Crippen LogP contribution in [0, 0.1) is 11.4 Å². The number of rotatable bonds is 1. The quantitative estimate of drug-likeness (QED) is 0.755. The van der Waals surface area contributed by atoms with Crippen LogP contribution >= 0.6 is 0 Å². The molecule has 1 aliphatic rings. The van der Waals surface area contributed by atoms with Crippen LogP contribution in [0.5, 0.6) is 0 Å². The van der Waals surface area contributed by atoms with Gasteiger partial charge in [0.05, 0.1) is 0 Å². The molecule has 0 fully saturated rings. The first kappa shape index (κ1) is 12.2. The van der Waals surface area contributed by atoms with Crippen molar-refractivity contribution < 1.29 is 4.39 Å². The van der Waals surface area contributed by atoms with E-state index in [0.717, 1.165) is 18.5 Å². The molecular formula is C14H19FN2. The Labute approximate surface area is 102 Å². The minimum absolute atomic E-state index is 0.143. The molecule has 17 heavy (non-hydrogen) atoms. The van der Waals surface area contributed by atoms with Gasteiger partial charge in [-0.05, 0) is 36.1 Å². The minimum atomic E-state index is -0.367. The third-order valence-electron chi connectivity index (χ3n) is 3.16. The molecule has 0 amide bonds. The van der Waals surface area contributed by atoms with Gasteiger partial charge in [0.25, 0.3) is 0 Å². The van der Waals surface area contributed by atoms with Gasteiger partial charge in [0.1, 0.15) is 0 Å². The lowest BCUT2D eigenvalue weighted by molar-refractivity contribution is 0.310. The van der Waals surface area contributed by atoms with Crippen LogP contribution in [0.1, 0.15) is 32.8 Å². The molecule has 0 saturated carbocycles. The molecule has 1 aliphatic heterocycles. The standard InChI is InChI=1S/C14H19FN2/c1-14(2,3)12-9-10(6-8-16-12)11-5-4-7-17-13(11)15/h4-5,7,9,12,16H,6,8H2,1-3H3. The maximum Gasteiger partial charge on any atom is 0.220 e. The van der Waals surface area contributed by atoms with Gasteiger partial charge in [-0.15, -0.1) is 0 Å². The summed E-state index contributed by atoms with van der Waals surface area (Å²) in [5.74, 6) is -0.367. The highest BCUT2D eigenvalue weighted by atomic mass is 19.1. The molecule has 1 unspecified atom stereocenters. The molecule has 92 valence electrons. The summed E-state index contributed by atoms with van der Waals surface area (Å²) in [5.41, 5.74) is 1.85. The van der Waals surface area contributed by atoms with E-state index in [2.05, 4.69) is 37.1 Å². The number of nitrogens with zero attached hydrogens (tertiary/aromatic N) is 1. The van der Waals surface area contributed by atoms with Crippen molar-refractivity contribution in [2.75, 3.05) is 6.54 Å².